The van der Waals surface area contributed by atoms with Crippen LogP contribution in [0.1, 0.15) is 31.2 Å². The third kappa shape index (κ3) is 5.00. The molecule has 1 atom stereocenters. The number of hydrogen-bond acceptors (Lipinski definition) is 8. The Morgan fingerprint density at radius 1 is 1.26 bits per heavy atom. The van der Waals surface area contributed by atoms with Crippen LogP contribution < -0.4 is 15.0 Å². The first-order chi connectivity index (χ1) is 17.1. The number of aromatic nitrogens is 4. The molecule has 0 radical (unpaired) electrons. The van der Waals surface area contributed by atoms with Crippen LogP contribution in [0.5, 0.6) is 5.75 Å². The lowest BCUT2D eigenvalue weighted by atomic mass is 10.2. The number of anilines is 2. The Hall–Kier alpha value is -2.71. The molecule has 35 heavy (non-hydrogen) atoms. The maximum atomic E-state index is 10.1. The number of aliphatic hydroxyl groups is 1. The van der Waals surface area contributed by atoms with E-state index in [2.05, 4.69) is 37.9 Å². The van der Waals surface area contributed by atoms with Crippen molar-refractivity contribution in [2.45, 2.75) is 32.1 Å². The first-order valence-electron chi connectivity index (χ1n) is 11.7. The lowest BCUT2D eigenvalue weighted by Gasteiger charge is -2.37. The molecular formula is C23H29IN8O3. The van der Waals surface area contributed by atoms with Gasteiger partial charge < -0.3 is 29.7 Å². The summed E-state index contributed by atoms with van der Waals surface area (Å²) in [4.78, 5) is 13.8. The van der Waals surface area contributed by atoms with Crippen molar-refractivity contribution in [1.29, 1.82) is 5.41 Å². The van der Waals surface area contributed by atoms with Crippen LogP contribution in [-0.4, -0.2) is 75.6 Å². The summed E-state index contributed by atoms with van der Waals surface area (Å²) < 4.78 is 13.8. The highest BCUT2D eigenvalue weighted by molar-refractivity contribution is 14.1. The minimum atomic E-state index is -0.201. The number of nitrogens with zero attached hydrogens (tertiary/aromatic N) is 6. The van der Waals surface area contributed by atoms with E-state index >= 15 is 0 Å². The van der Waals surface area contributed by atoms with Crippen LogP contribution in [-0.2, 0) is 11.3 Å². The van der Waals surface area contributed by atoms with Gasteiger partial charge in [0.1, 0.15) is 17.0 Å². The molecule has 0 aliphatic carbocycles. The van der Waals surface area contributed by atoms with E-state index in [1.807, 2.05) is 33.8 Å². The van der Waals surface area contributed by atoms with Crippen LogP contribution >= 0.6 is 22.6 Å². The Labute approximate surface area is 217 Å². The Morgan fingerprint density at radius 3 is 2.80 bits per heavy atom. The molecule has 2 aliphatic heterocycles. The summed E-state index contributed by atoms with van der Waals surface area (Å²) in [5.41, 5.74) is 2.72. The second-order valence-corrected chi connectivity index (χ2v) is 9.58. The topological polar surface area (TPSA) is 125 Å². The summed E-state index contributed by atoms with van der Waals surface area (Å²) >= 11 is 2.17. The lowest BCUT2D eigenvalue weighted by molar-refractivity contribution is -0.0372. The summed E-state index contributed by atoms with van der Waals surface area (Å²) in [6.07, 6.45) is 2.91. The van der Waals surface area contributed by atoms with Crippen molar-refractivity contribution in [2.75, 3.05) is 50.1 Å². The third-order valence-electron chi connectivity index (χ3n) is 6.34. The number of aliphatic hydroxyl groups excluding tert-OH is 1. The van der Waals surface area contributed by atoms with Crippen molar-refractivity contribution < 1.29 is 14.6 Å². The summed E-state index contributed by atoms with van der Waals surface area (Å²) in [6.45, 7) is 3.11. The zero-order valence-corrected chi connectivity index (χ0v) is 21.7. The SMILES string of the molecule is COc1cccc(NC(=N)N2CCN(c3nc4c(nc3CO)c(I)nn4C3CCCCO3)CC2)c1. The quantitative estimate of drug-likeness (QED) is 0.233. The predicted octanol–water partition coefficient (Wildman–Crippen LogP) is 2.80. The van der Waals surface area contributed by atoms with Crippen molar-refractivity contribution in [2.24, 2.45) is 0 Å². The number of ether oxygens (including phenoxy) is 2. The molecule has 186 valence electrons. The Morgan fingerprint density at radius 2 is 2.09 bits per heavy atom. The van der Waals surface area contributed by atoms with Crippen LogP contribution in [0, 0.1) is 9.11 Å². The van der Waals surface area contributed by atoms with Crippen molar-refractivity contribution in [3.63, 3.8) is 0 Å². The number of benzene rings is 1. The summed E-state index contributed by atoms with van der Waals surface area (Å²) in [5.74, 6) is 1.75. The number of guanidine groups is 1. The van der Waals surface area contributed by atoms with Crippen LogP contribution in [0.2, 0.25) is 0 Å². The summed E-state index contributed by atoms with van der Waals surface area (Å²) in [6, 6.07) is 7.54. The Balaban J connectivity index is 1.32. The minimum absolute atomic E-state index is 0.142. The molecule has 2 fully saturated rings. The van der Waals surface area contributed by atoms with Crippen molar-refractivity contribution in [3.8, 4) is 5.75 Å². The molecule has 2 saturated heterocycles. The van der Waals surface area contributed by atoms with Gasteiger partial charge in [0, 0.05) is 44.5 Å². The molecule has 2 aromatic heterocycles. The first-order valence-corrected chi connectivity index (χ1v) is 12.8. The van der Waals surface area contributed by atoms with E-state index in [4.69, 9.17) is 24.9 Å². The average Bonchev–Trinajstić information content (AvgIpc) is 3.23. The zero-order valence-electron chi connectivity index (χ0n) is 19.6. The van der Waals surface area contributed by atoms with Crippen molar-refractivity contribution in [1.82, 2.24) is 24.6 Å². The largest absolute Gasteiger partial charge is 0.497 e. The normalized spacial score (nSPS) is 18.7. The van der Waals surface area contributed by atoms with Crippen molar-refractivity contribution >= 4 is 51.2 Å². The van der Waals surface area contributed by atoms with E-state index in [0.717, 1.165) is 41.0 Å². The standard InChI is InChI=1S/C23H29IN8O3/c1-34-16-6-4-5-15(13-16)26-23(25)31-10-8-30(9-11-31)21-17(14-33)27-19-20(24)29-32(22(19)28-21)18-7-2-3-12-35-18/h4-6,13,18,33H,2-3,7-12,14H2,1H3,(H2,25,26). The smallest absolute Gasteiger partial charge is 0.195 e. The van der Waals surface area contributed by atoms with Gasteiger partial charge in [0.2, 0.25) is 0 Å². The number of rotatable bonds is 5. The van der Waals surface area contributed by atoms with E-state index in [1.165, 1.54) is 0 Å². The van der Waals surface area contributed by atoms with Gasteiger partial charge in [-0.3, -0.25) is 5.41 Å². The van der Waals surface area contributed by atoms with Gasteiger partial charge in [-0.25, -0.2) is 14.6 Å². The lowest BCUT2D eigenvalue weighted by Crippen LogP contribution is -2.50. The molecule has 1 unspecified atom stereocenters. The van der Waals surface area contributed by atoms with Crippen LogP contribution in [0.15, 0.2) is 24.3 Å². The predicted molar refractivity (Wildman–Crippen MR) is 141 cm³/mol. The van der Waals surface area contributed by atoms with Crippen molar-refractivity contribution in [3.05, 3.63) is 33.7 Å². The molecule has 3 N–H and O–H groups in total. The van der Waals surface area contributed by atoms with Gasteiger partial charge >= 0.3 is 0 Å². The summed E-state index contributed by atoms with van der Waals surface area (Å²) in [5, 5.41) is 26.4. The minimum Gasteiger partial charge on any atom is -0.497 e. The van der Waals surface area contributed by atoms with E-state index in [9.17, 15) is 5.11 Å². The van der Waals surface area contributed by atoms with E-state index in [0.29, 0.717) is 54.8 Å². The van der Waals surface area contributed by atoms with Gasteiger partial charge in [-0.15, -0.1) is 0 Å². The van der Waals surface area contributed by atoms with E-state index in [-0.39, 0.29) is 12.8 Å². The third-order valence-corrected chi connectivity index (χ3v) is 7.07. The van der Waals surface area contributed by atoms with Gasteiger partial charge in [0.25, 0.3) is 0 Å². The van der Waals surface area contributed by atoms with Crippen LogP contribution in [0.4, 0.5) is 11.5 Å². The highest BCUT2D eigenvalue weighted by Gasteiger charge is 2.27. The highest BCUT2D eigenvalue weighted by Crippen LogP contribution is 2.30. The van der Waals surface area contributed by atoms with Gasteiger partial charge in [-0.2, -0.15) is 5.10 Å². The fourth-order valence-electron chi connectivity index (χ4n) is 4.48. The van der Waals surface area contributed by atoms with Crippen LogP contribution in [0.3, 0.4) is 0 Å². The molecule has 0 bridgehead atoms. The molecule has 12 heteroatoms. The van der Waals surface area contributed by atoms with Gasteiger partial charge in [-0.1, -0.05) is 6.07 Å². The number of methoxy groups -OCH3 is 1. The molecule has 11 nitrogen and oxygen atoms in total. The maximum Gasteiger partial charge on any atom is 0.195 e. The fourth-order valence-corrected chi connectivity index (χ4v) is 5.07. The van der Waals surface area contributed by atoms with E-state index in [1.54, 1.807) is 7.11 Å². The molecule has 5 rings (SSSR count). The molecule has 2 aliphatic rings. The fraction of sp³-hybridized carbons (Fsp3) is 0.478. The number of nitrogens with one attached hydrogen (secondary N) is 2. The maximum absolute atomic E-state index is 10.1. The summed E-state index contributed by atoms with van der Waals surface area (Å²) in [7, 11) is 1.63. The first kappa shape index (κ1) is 24.0. The molecule has 0 spiro atoms. The monoisotopic (exact) mass is 592 g/mol. The molecule has 3 aromatic rings. The van der Waals surface area contributed by atoms with Gasteiger partial charge in [-0.05, 0) is 54.0 Å². The Bertz CT molecular complexity index is 1200. The Kier molecular flexibility index (Phi) is 7.20. The van der Waals surface area contributed by atoms with Gasteiger partial charge in [0.05, 0.1) is 13.7 Å². The van der Waals surface area contributed by atoms with E-state index < -0.39 is 0 Å². The highest BCUT2D eigenvalue weighted by atomic mass is 127. The molecule has 0 saturated carbocycles. The van der Waals surface area contributed by atoms with Crippen LogP contribution in [0.25, 0.3) is 11.2 Å². The number of piperazine rings is 1. The molecule has 1 aromatic carbocycles. The zero-order chi connectivity index (χ0) is 24.4. The second kappa shape index (κ2) is 10.5. The molecule has 0 amide bonds. The number of halogens is 1. The molecular weight excluding hydrogens is 563 g/mol. The number of fused-ring (bicyclic) bond motifs is 1. The second-order valence-electron chi connectivity index (χ2n) is 8.56. The average molecular weight is 592 g/mol. The number of hydrogen-bond donors (Lipinski definition) is 3. The van der Waals surface area contributed by atoms with Gasteiger partial charge in [0.15, 0.2) is 27.4 Å². The molecule has 4 heterocycles.